The Bertz CT molecular complexity index is 2230. The van der Waals surface area contributed by atoms with Crippen molar-refractivity contribution in [3.63, 3.8) is 0 Å². The molecule has 0 spiro atoms. The van der Waals surface area contributed by atoms with E-state index in [2.05, 4.69) is 181 Å². The number of rotatable bonds is 5. The van der Waals surface area contributed by atoms with Crippen LogP contribution in [0.3, 0.4) is 0 Å². The number of nitrogens with zero attached hydrogens (tertiary/aromatic N) is 1. The highest BCUT2D eigenvalue weighted by atomic mass is 15.1. The normalized spacial score (nSPS) is 11.3. The minimum Gasteiger partial charge on any atom is -0.310 e. The SMILES string of the molecule is c1ccc(-c2ccc(N(c3cccc(-c4ccc5ccccc5c4)c3)c3cc4ccccc4c4ccccc34)cc2)cc1. The monoisotopic (exact) mass is 547 g/mol. The molecular weight excluding hydrogens is 518 g/mol. The molecule has 0 amide bonds. The second-order valence-corrected chi connectivity index (χ2v) is 11.0. The lowest BCUT2D eigenvalue weighted by molar-refractivity contribution is 1.30. The van der Waals surface area contributed by atoms with E-state index in [1.54, 1.807) is 0 Å². The molecule has 0 aliphatic rings. The maximum atomic E-state index is 2.41. The molecule has 0 heterocycles. The quantitative estimate of drug-likeness (QED) is 0.194. The first-order chi connectivity index (χ1) is 21.3. The minimum absolute atomic E-state index is 1.12. The molecule has 1 nitrogen and oxygen atoms in total. The Morgan fingerprint density at radius 2 is 0.860 bits per heavy atom. The zero-order chi connectivity index (χ0) is 28.6. The summed E-state index contributed by atoms with van der Waals surface area (Å²) in [7, 11) is 0. The van der Waals surface area contributed by atoms with Gasteiger partial charge in [-0.3, -0.25) is 0 Å². The first kappa shape index (κ1) is 25.1. The summed E-state index contributed by atoms with van der Waals surface area (Å²) >= 11 is 0. The molecule has 0 saturated carbocycles. The summed E-state index contributed by atoms with van der Waals surface area (Å²) in [5.41, 5.74) is 8.24. The largest absolute Gasteiger partial charge is 0.310 e. The Balaban J connectivity index is 1.34. The molecule has 0 unspecified atom stereocenters. The Labute approximate surface area is 251 Å². The van der Waals surface area contributed by atoms with Gasteiger partial charge in [-0.1, -0.05) is 140 Å². The number of anilines is 3. The minimum atomic E-state index is 1.12. The van der Waals surface area contributed by atoms with Gasteiger partial charge in [-0.2, -0.15) is 0 Å². The van der Waals surface area contributed by atoms with Gasteiger partial charge in [0.2, 0.25) is 0 Å². The van der Waals surface area contributed by atoms with Crippen LogP contribution in [-0.4, -0.2) is 0 Å². The second kappa shape index (κ2) is 10.6. The van der Waals surface area contributed by atoms with Gasteiger partial charge in [0.25, 0.3) is 0 Å². The van der Waals surface area contributed by atoms with Crippen molar-refractivity contribution in [3.05, 3.63) is 176 Å². The van der Waals surface area contributed by atoms with E-state index in [9.17, 15) is 0 Å². The van der Waals surface area contributed by atoms with Crippen molar-refractivity contribution in [1.82, 2.24) is 0 Å². The molecule has 0 aromatic heterocycles. The van der Waals surface area contributed by atoms with Crippen LogP contribution < -0.4 is 4.90 Å². The van der Waals surface area contributed by atoms with Crippen molar-refractivity contribution in [2.45, 2.75) is 0 Å². The zero-order valence-electron chi connectivity index (χ0n) is 23.7. The Morgan fingerprint density at radius 1 is 0.279 bits per heavy atom. The van der Waals surface area contributed by atoms with Crippen molar-refractivity contribution in [2.75, 3.05) is 4.90 Å². The lowest BCUT2D eigenvalue weighted by atomic mass is 9.97. The predicted octanol–water partition coefficient (Wildman–Crippen LogP) is 11.9. The lowest BCUT2D eigenvalue weighted by Crippen LogP contribution is -2.10. The fourth-order valence-electron chi connectivity index (χ4n) is 6.27. The van der Waals surface area contributed by atoms with Crippen LogP contribution >= 0.6 is 0 Å². The van der Waals surface area contributed by atoms with E-state index in [0.717, 1.165) is 17.1 Å². The molecule has 0 radical (unpaired) electrons. The summed E-state index contributed by atoms with van der Waals surface area (Å²) in [5.74, 6) is 0. The van der Waals surface area contributed by atoms with Crippen LogP contribution in [0, 0.1) is 0 Å². The van der Waals surface area contributed by atoms with Gasteiger partial charge in [-0.15, -0.1) is 0 Å². The van der Waals surface area contributed by atoms with Crippen LogP contribution in [-0.2, 0) is 0 Å². The number of hydrogen-bond acceptors (Lipinski definition) is 1. The van der Waals surface area contributed by atoms with Gasteiger partial charge >= 0.3 is 0 Å². The maximum absolute atomic E-state index is 2.41. The Kier molecular flexibility index (Phi) is 6.20. The Morgan fingerprint density at radius 3 is 1.67 bits per heavy atom. The molecule has 43 heavy (non-hydrogen) atoms. The molecule has 8 rings (SSSR count). The summed E-state index contributed by atoms with van der Waals surface area (Å²) in [5, 5.41) is 7.49. The van der Waals surface area contributed by atoms with Crippen molar-refractivity contribution in [1.29, 1.82) is 0 Å². The maximum Gasteiger partial charge on any atom is 0.0546 e. The number of hydrogen-bond donors (Lipinski definition) is 0. The standard InChI is InChI=1S/C42H29N/c1-2-11-30(12-3-1)32-23-25-37(26-24-32)43(42-29-36-15-6-7-18-39(36)40-19-8-9-20-41(40)42)38-17-10-16-34(28-38)35-22-21-31-13-4-5-14-33(31)27-35/h1-29H. The molecule has 0 aliphatic carbocycles. The van der Waals surface area contributed by atoms with Crippen LogP contribution in [0.15, 0.2) is 176 Å². The van der Waals surface area contributed by atoms with Crippen LogP contribution in [0.2, 0.25) is 0 Å². The summed E-state index contributed by atoms with van der Waals surface area (Å²) < 4.78 is 0. The predicted molar refractivity (Wildman–Crippen MR) is 185 cm³/mol. The number of fused-ring (bicyclic) bond motifs is 4. The highest BCUT2D eigenvalue weighted by Gasteiger charge is 2.18. The van der Waals surface area contributed by atoms with Gasteiger partial charge in [-0.25, -0.2) is 0 Å². The van der Waals surface area contributed by atoms with Crippen LogP contribution in [0.5, 0.6) is 0 Å². The Hall–Kier alpha value is -5.66. The molecule has 0 saturated heterocycles. The molecule has 0 atom stereocenters. The van der Waals surface area contributed by atoms with E-state index in [1.165, 1.54) is 54.6 Å². The topological polar surface area (TPSA) is 3.24 Å². The highest BCUT2D eigenvalue weighted by molar-refractivity contribution is 6.14. The van der Waals surface area contributed by atoms with Crippen LogP contribution in [0.1, 0.15) is 0 Å². The van der Waals surface area contributed by atoms with Crippen molar-refractivity contribution >= 4 is 49.4 Å². The molecule has 202 valence electrons. The first-order valence-corrected chi connectivity index (χ1v) is 14.8. The average molecular weight is 548 g/mol. The number of benzene rings is 8. The fraction of sp³-hybridized carbons (Fsp3) is 0. The van der Waals surface area contributed by atoms with E-state index in [0.29, 0.717) is 0 Å². The van der Waals surface area contributed by atoms with Crippen molar-refractivity contribution < 1.29 is 0 Å². The average Bonchev–Trinajstić information content (AvgIpc) is 3.09. The van der Waals surface area contributed by atoms with Gasteiger partial charge in [0, 0.05) is 16.8 Å². The van der Waals surface area contributed by atoms with Crippen molar-refractivity contribution in [2.24, 2.45) is 0 Å². The van der Waals surface area contributed by atoms with E-state index >= 15 is 0 Å². The summed E-state index contributed by atoms with van der Waals surface area (Å²) in [4.78, 5) is 2.41. The molecule has 0 aliphatic heterocycles. The molecular formula is C42H29N. The molecule has 0 bridgehead atoms. The van der Waals surface area contributed by atoms with E-state index in [4.69, 9.17) is 0 Å². The van der Waals surface area contributed by atoms with Crippen LogP contribution in [0.4, 0.5) is 17.1 Å². The third-order valence-electron chi connectivity index (χ3n) is 8.41. The summed E-state index contributed by atoms with van der Waals surface area (Å²) in [6.45, 7) is 0. The van der Waals surface area contributed by atoms with E-state index in [-0.39, 0.29) is 0 Å². The van der Waals surface area contributed by atoms with E-state index < -0.39 is 0 Å². The smallest absolute Gasteiger partial charge is 0.0546 e. The molecule has 8 aromatic rings. The highest BCUT2D eigenvalue weighted by Crippen LogP contribution is 2.43. The molecule has 0 N–H and O–H groups in total. The first-order valence-electron chi connectivity index (χ1n) is 14.8. The van der Waals surface area contributed by atoms with Gasteiger partial charge in [0.1, 0.15) is 0 Å². The zero-order valence-corrected chi connectivity index (χ0v) is 23.7. The summed E-state index contributed by atoms with van der Waals surface area (Å²) in [6.07, 6.45) is 0. The van der Waals surface area contributed by atoms with Gasteiger partial charge in [0.15, 0.2) is 0 Å². The van der Waals surface area contributed by atoms with Crippen molar-refractivity contribution in [3.8, 4) is 22.3 Å². The molecule has 1 heteroatoms. The molecule has 8 aromatic carbocycles. The fourth-order valence-corrected chi connectivity index (χ4v) is 6.27. The van der Waals surface area contributed by atoms with Crippen LogP contribution in [0.25, 0.3) is 54.6 Å². The van der Waals surface area contributed by atoms with Gasteiger partial charge < -0.3 is 4.90 Å². The lowest BCUT2D eigenvalue weighted by Gasteiger charge is -2.28. The third kappa shape index (κ3) is 4.62. The third-order valence-corrected chi connectivity index (χ3v) is 8.41. The molecule has 0 fully saturated rings. The summed E-state index contributed by atoms with van der Waals surface area (Å²) in [6, 6.07) is 63.5. The second-order valence-electron chi connectivity index (χ2n) is 11.0. The van der Waals surface area contributed by atoms with Gasteiger partial charge in [0.05, 0.1) is 5.69 Å². The van der Waals surface area contributed by atoms with Gasteiger partial charge in [-0.05, 0) is 85.6 Å². The van der Waals surface area contributed by atoms with E-state index in [1.807, 2.05) is 0 Å².